The van der Waals surface area contributed by atoms with E-state index in [9.17, 15) is 0 Å². The summed E-state index contributed by atoms with van der Waals surface area (Å²) >= 11 is 7.11. The van der Waals surface area contributed by atoms with Crippen molar-refractivity contribution >= 4 is 31.9 Å². The van der Waals surface area contributed by atoms with E-state index >= 15 is 0 Å². The highest BCUT2D eigenvalue weighted by Crippen LogP contribution is 2.35. The lowest BCUT2D eigenvalue weighted by atomic mass is 10.2. The highest BCUT2D eigenvalue weighted by Gasteiger charge is 2.13. The van der Waals surface area contributed by atoms with Crippen molar-refractivity contribution < 1.29 is 14.2 Å². The number of halogens is 2. The second-order valence-electron chi connectivity index (χ2n) is 5.11. The molecule has 0 aromatic heterocycles. The van der Waals surface area contributed by atoms with Crippen LogP contribution in [0.1, 0.15) is 18.1 Å². The fourth-order valence-electron chi connectivity index (χ4n) is 2.40. The number of nitrogens with one attached hydrogen (secondary N) is 1. The lowest BCUT2D eigenvalue weighted by Crippen LogP contribution is -2.12. The van der Waals surface area contributed by atoms with Crippen LogP contribution in [0.25, 0.3) is 0 Å². The van der Waals surface area contributed by atoms with Crippen molar-refractivity contribution in [1.82, 2.24) is 5.32 Å². The zero-order chi connectivity index (χ0) is 16.2. The highest BCUT2D eigenvalue weighted by molar-refractivity contribution is 9.11. The second-order valence-corrected chi connectivity index (χ2v) is 6.82. The molecule has 4 nitrogen and oxygen atoms in total. The van der Waals surface area contributed by atoms with Crippen LogP contribution in [0.3, 0.4) is 0 Å². The van der Waals surface area contributed by atoms with Gasteiger partial charge in [-0.1, -0.05) is 6.07 Å². The van der Waals surface area contributed by atoms with Crippen LogP contribution in [0, 0.1) is 0 Å². The first-order valence-corrected chi connectivity index (χ1v) is 8.96. The van der Waals surface area contributed by atoms with Crippen molar-refractivity contribution in [2.45, 2.75) is 20.0 Å². The van der Waals surface area contributed by atoms with E-state index in [1.165, 1.54) is 11.1 Å². The van der Waals surface area contributed by atoms with Gasteiger partial charge in [-0.15, -0.1) is 0 Å². The largest absolute Gasteiger partial charge is 0.492 e. The van der Waals surface area contributed by atoms with Gasteiger partial charge in [0.25, 0.3) is 0 Å². The molecule has 0 amide bonds. The molecule has 23 heavy (non-hydrogen) atoms. The number of rotatable bonds is 6. The summed E-state index contributed by atoms with van der Waals surface area (Å²) in [7, 11) is 0. The molecule has 122 valence electrons. The SMILES string of the molecule is CCOc1c(Br)cc(CNCc2ccc3c(c2)OCO3)cc1Br. The molecule has 0 atom stereocenters. The first kappa shape index (κ1) is 16.6. The second kappa shape index (κ2) is 7.55. The van der Waals surface area contributed by atoms with Crippen molar-refractivity contribution in [2.24, 2.45) is 0 Å². The van der Waals surface area contributed by atoms with E-state index in [2.05, 4.69) is 49.3 Å². The third-order valence-corrected chi connectivity index (χ3v) is 4.62. The number of fused-ring (bicyclic) bond motifs is 1. The van der Waals surface area contributed by atoms with Crippen molar-refractivity contribution in [1.29, 1.82) is 0 Å². The minimum Gasteiger partial charge on any atom is -0.492 e. The maximum absolute atomic E-state index is 5.60. The fourth-order valence-corrected chi connectivity index (χ4v) is 3.91. The molecule has 0 radical (unpaired) electrons. The van der Waals surface area contributed by atoms with Crippen LogP contribution < -0.4 is 19.5 Å². The fraction of sp³-hybridized carbons (Fsp3) is 0.294. The third-order valence-electron chi connectivity index (χ3n) is 3.44. The maximum atomic E-state index is 5.60. The number of hydrogen-bond donors (Lipinski definition) is 1. The first-order chi connectivity index (χ1) is 11.2. The van der Waals surface area contributed by atoms with Gasteiger partial charge in [-0.3, -0.25) is 0 Å². The summed E-state index contributed by atoms with van der Waals surface area (Å²) in [5.74, 6) is 2.47. The molecular formula is C17H17Br2NO3. The van der Waals surface area contributed by atoms with Crippen LogP contribution in [0.15, 0.2) is 39.3 Å². The van der Waals surface area contributed by atoms with Gasteiger partial charge >= 0.3 is 0 Å². The Morgan fingerprint density at radius 1 is 1.00 bits per heavy atom. The molecule has 1 N–H and O–H groups in total. The topological polar surface area (TPSA) is 39.7 Å². The summed E-state index contributed by atoms with van der Waals surface area (Å²) < 4.78 is 18.2. The molecule has 0 saturated carbocycles. The van der Waals surface area contributed by atoms with Crippen LogP contribution in [0.2, 0.25) is 0 Å². The van der Waals surface area contributed by atoms with Crippen molar-refractivity contribution in [3.63, 3.8) is 0 Å². The van der Waals surface area contributed by atoms with Crippen LogP contribution >= 0.6 is 31.9 Å². The molecule has 0 bridgehead atoms. The molecule has 2 aromatic carbocycles. The number of ether oxygens (including phenoxy) is 3. The Balaban J connectivity index is 1.60. The Morgan fingerprint density at radius 2 is 1.70 bits per heavy atom. The Bertz CT molecular complexity index is 683. The van der Waals surface area contributed by atoms with Gasteiger partial charge in [-0.05, 0) is 74.2 Å². The van der Waals surface area contributed by atoms with E-state index in [0.29, 0.717) is 13.4 Å². The van der Waals surface area contributed by atoms with Gasteiger partial charge in [0, 0.05) is 13.1 Å². The Labute approximate surface area is 152 Å². The van der Waals surface area contributed by atoms with E-state index in [1.54, 1.807) is 0 Å². The lowest BCUT2D eigenvalue weighted by Gasteiger charge is -2.12. The van der Waals surface area contributed by atoms with E-state index in [1.807, 2.05) is 25.1 Å². The predicted molar refractivity (Wildman–Crippen MR) is 96.1 cm³/mol. The quantitative estimate of drug-likeness (QED) is 0.707. The third kappa shape index (κ3) is 4.00. The minimum absolute atomic E-state index is 0.306. The van der Waals surface area contributed by atoms with Gasteiger partial charge < -0.3 is 19.5 Å². The summed E-state index contributed by atoms with van der Waals surface area (Å²) in [5, 5.41) is 3.44. The molecule has 6 heteroatoms. The zero-order valence-electron chi connectivity index (χ0n) is 12.7. The number of hydrogen-bond acceptors (Lipinski definition) is 4. The summed E-state index contributed by atoms with van der Waals surface area (Å²) in [6, 6.07) is 10.2. The van der Waals surface area contributed by atoms with E-state index < -0.39 is 0 Å². The van der Waals surface area contributed by atoms with E-state index in [4.69, 9.17) is 14.2 Å². The maximum Gasteiger partial charge on any atom is 0.231 e. The van der Waals surface area contributed by atoms with Crippen molar-refractivity contribution in [3.05, 3.63) is 50.4 Å². The normalized spacial score (nSPS) is 12.5. The molecule has 1 heterocycles. The predicted octanol–water partition coefficient (Wildman–Crippen LogP) is 4.63. The molecule has 2 aromatic rings. The average molecular weight is 443 g/mol. The minimum atomic E-state index is 0.306. The molecule has 1 aliphatic rings. The van der Waals surface area contributed by atoms with Gasteiger partial charge in [0.2, 0.25) is 6.79 Å². The van der Waals surface area contributed by atoms with Gasteiger partial charge in [-0.25, -0.2) is 0 Å². The molecule has 1 aliphatic heterocycles. The zero-order valence-corrected chi connectivity index (χ0v) is 15.9. The summed E-state index contributed by atoms with van der Waals surface area (Å²) in [6.45, 7) is 4.44. The smallest absolute Gasteiger partial charge is 0.231 e. The van der Waals surface area contributed by atoms with E-state index in [0.717, 1.165) is 39.3 Å². The standard InChI is InChI=1S/C17H17Br2NO3/c1-2-21-17-13(18)5-12(6-14(17)19)9-20-8-11-3-4-15-16(7-11)23-10-22-15/h3-7,20H,2,8-10H2,1H3. The van der Waals surface area contributed by atoms with Crippen LogP contribution in [-0.4, -0.2) is 13.4 Å². The summed E-state index contributed by atoms with van der Waals surface area (Å²) in [5.41, 5.74) is 2.34. The monoisotopic (exact) mass is 441 g/mol. The van der Waals surface area contributed by atoms with E-state index in [-0.39, 0.29) is 0 Å². The summed E-state index contributed by atoms with van der Waals surface area (Å²) in [4.78, 5) is 0. The van der Waals surface area contributed by atoms with Gasteiger partial charge in [0.15, 0.2) is 11.5 Å². The van der Waals surface area contributed by atoms with Crippen LogP contribution in [0.4, 0.5) is 0 Å². The molecule has 0 spiro atoms. The Morgan fingerprint density at radius 3 is 2.43 bits per heavy atom. The summed E-state index contributed by atoms with van der Waals surface area (Å²) in [6.07, 6.45) is 0. The molecular weight excluding hydrogens is 426 g/mol. The van der Waals surface area contributed by atoms with Gasteiger partial charge in [0.1, 0.15) is 5.75 Å². The Kier molecular flexibility index (Phi) is 5.46. The van der Waals surface area contributed by atoms with Crippen molar-refractivity contribution in [2.75, 3.05) is 13.4 Å². The average Bonchev–Trinajstić information content (AvgIpc) is 2.98. The van der Waals surface area contributed by atoms with Gasteiger partial charge in [0.05, 0.1) is 15.6 Å². The van der Waals surface area contributed by atoms with Crippen LogP contribution in [-0.2, 0) is 13.1 Å². The Hall–Kier alpha value is -1.24. The first-order valence-electron chi connectivity index (χ1n) is 7.37. The molecule has 0 saturated heterocycles. The highest BCUT2D eigenvalue weighted by atomic mass is 79.9. The molecule has 0 aliphatic carbocycles. The number of benzene rings is 2. The van der Waals surface area contributed by atoms with Gasteiger partial charge in [-0.2, -0.15) is 0 Å². The molecule has 0 unspecified atom stereocenters. The molecule has 3 rings (SSSR count). The molecule has 0 fully saturated rings. The van der Waals surface area contributed by atoms with Crippen LogP contribution in [0.5, 0.6) is 17.2 Å². The lowest BCUT2D eigenvalue weighted by molar-refractivity contribution is 0.174. The van der Waals surface area contributed by atoms with Crippen molar-refractivity contribution in [3.8, 4) is 17.2 Å².